The molecular formula is C46H58Cl2SiZr. The van der Waals surface area contributed by atoms with Crippen LogP contribution in [0.15, 0.2) is 84.9 Å². The molecule has 5 aromatic carbocycles. The fourth-order valence-electron chi connectivity index (χ4n) is 9.67. The summed E-state index contributed by atoms with van der Waals surface area (Å²) in [5, 5.41) is 5.68. The van der Waals surface area contributed by atoms with Crippen molar-refractivity contribution in [2.45, 2.75) is 123 Å². The molecule has 0 aliphatic heterocycles. The quantitative estimate of drug-likeness (QED) is 0.114. The molecule has 2 radical (unpaired) electrons. The molecule has 264 valence electrons. The Morgan fingerprint density at radius 1 is 0.740 bits per heavy atom. The second-order valence-electron chi connectivity index (χ2n) is 15.6. The first-order chi connectivity index (χ1) is 24.2. The van der Waals surface area contributed by atoms with Crippen LogP contribution in [0.4, 0.5) is 0 Å². The van der Waals surface area contributed by atoms with E-state index in [-0.39, 0.29) is 0 Å². The summed E-state index contributed by atoms with van der Waals surface area (Å²) < 4.78 is 0. The van der Waals surface area contributed by atoms with E-state index in [1.165, 1.54) is 101 Å². The molecule has 4 aliphatic carbocycles. The molecule has 0 nitrogen and oxygen atoms in total. The van der Waals surface area contributed by atoms with Gasteiger partial charge in [0.15, 0.2) is 0 Å². The van der Waals surface area contributed by atoms with E-state index in [1.807, 2.05) is 0 Å². The van der Waals surface area contributed by atoms with Crippen molar-refractivity contribution in [3.8, 4) is 11.1 Å². The second kappa shape index (κ2) is 18.5. The molecule has 9 rings (SSSR count). The van der Waals surface area contributed by atoms with Crippen molar-refractivity contribution in [3.63, 3.8) is 0 Å². The molecule has 2 atom stereocenters. The molecule has 0 heterocycles. The van der Waals surface area contributed by atoms with Gasteiger partial charge in [-0.2, -0.15) is 12.1 Å². The van der Waals surface area contributed by atoms with Crippen LogP contribution >= 0.6 is 17.0 Å². The van der Waals surface area contributed by atoms with E-state index >= 15 is 0 Å². The van der Waals surface area contributed by atoms with Gasteiger partial charge < -0.3 is 0 Å². The van der Waals surface area contributed by atoms with E-state index in [1.54, 1.807) is 5.56 Å². The first kappa shape index (κ1) is 39.8. The average molecular weight is 801 g/mol. The third-order valence-corrected chi connectivity index (χ3v) is 12.2. The third kappa shape index (κ3) is 9.01. The molecule has 4 saturated carbocycles. The summed E-state index contributed by atoms with van der Waals surface area (Å²) in [6.07, 6.45) is 12.5. The van der Waals surface area contributed by atoms with Gasteiger partial charge in [-0.05, 0) is 91.1 Å². The Morgan fingerprint density at radius 2 is 1.28 bits per heavy atom. The molecule has 0 N–H and O–H groups in total. The molecule has 2 unspecified atom stereocenters. The molecule has 4 aliphatic rings. The van der Waals surface area contributed by atoms with E-state index in [0.717, 1.165) is 33.7 Å². The SMILES string of the molecule is CCC(C)c1cc2c(C(C)CC)cccc2[cH-]1.CCc1cc2c(-c3ccc(C45CC6CC(CC(C6)C4)C5)cc3)cccc2[cH-]1.C[Si]C.[Cl][Zr+2][Cl]. The Morgan fingerprint density at radius 3 is 1.82 bits per heavy atom. The topological polar surface area (TPSA) is 0 Å². The van der Waals surface area contributed by atoms with E-state index in [2.05, 4.69) is 133 Å². The van der Waals surface area contributed by atoms with Crippen LogP contribution in [0.1, 0.15) is 120 Å². The van der Waals surface area contributed by atoms with Crippen LogP contribution in [0.25, 0.3) is 32.7 Å². The number of hydrogen-bond acceptors (Lipinski definition) is 0. The van der Waals surface area contributed by atoms with Crippen molar-refractivity contribution < 1.29 is 20.8 Å². The Labute approximate surface area is 325 Å². The Kier molecular flexibility index (Phi) is 14.7. The van der Waals surface area contributed by atoms with E-state index in [9.17, 15) is 0 Å². The minimum absolute atomic E-state index is 0.509. The molecule has 50 heavy (non-hydrogen) atoms. The van der Waals surface area contributed by atoms with Crippen molar-refractivity contribution in [2.24, 2.45) is 17.8 Å². The van der Waals surface area contributed by atoms with Crippen LogP contribution in [0, 0.1) is 17.8 Å². The molecule has 0 aromatic heterocycles. The third-order valence-electron chi connectivity index (χ3n) is 12.2. The predicted molar refractivity (Wildman–Crippen MR) is 220 cm³/mol. The zero-order valence-electron chi connectivity index (χ0n) is 31.6. The van der Waals surface area contributed by atoms with Crippen LogP contribution in [0.2, 0.25) is 13.1 Å². The minimum atomic E-state index is -0.826. The van der Waals surface area contributed by atoms with Gasteiger partial charge in [-0.25, -0.2) is 0 Å². The van der Waals surface area contributed by atoms with Gasteiger partial charge in [0.1, 0.15) is 0 Å². The Balaban J connectivity index is 0.000000182. The second-order valence-corrected chi connectivity index (χ2v) is 20.4. The number of hydrogen-bond donors (Lipinski definition) is 0. The van der Waals surface area contributed by atoms with Crippen molar-refractivity contribution in [1.29, 1.82) is 0 Å². The molecule has 0 amide bonds. The molecule has 4 fully saturated rings. The summed E-state index contributed by atoms with van der Waals surface area (Å²) in [6.45, 7) is 15.7. The number of aryl methyl sites for hydroxylation is 1. The Bertz CT molecular complexity index is 1740. The van der Waals surface area contributed by atoms with Gasteiger partial charge in [-0.3, -0.25) is 0 Å². The van der Waals surface area contributed by atoms with Crippen LogP contribution in [0.3, 0.4) is 0 Å². The van der Waals surface area contributed by atoms with Crippen molar-refractivity contribution in [2.75, 3.05) is 0 Å². The van der Waals surface area contributed by atoms with Gasteiger partial charge in [-0.1, -0.05) is 108 Å². The number of halogens is 2. The molecule has 5 aromatic rings. The molecule has 0 spiro atoms. The maximum atomic E-state index is 4.93. The van der Waals surface area contributed by atoms with Gasteiger partial charge in [0.2, 0.25) is 0 Å². The van der Waals surface area contributed by atoms with Crippen molar-refractivity contribution in [3.05, 3.63) is 107 Å². The summed E-state index contributed by atoms with van der Waals surface area (Å²) in [7, 11) is 11.0. The summed E-state index contributed by atoms with van der Waals surface area (Å²) >= 11 is -0.826. The zero-order chi connectivity index (χ0) is 35.8. The molecule has 0 saturated heterocycles. The van der Waals surface area contributed by atoms with E-state index in [4.69, 9.17) is 17.0 Å². The monoisotopic (exact) mass is 798 g/mol. The van der Waals surface area contributed by atoms with Gasteiger partial charge in [0.05, 0.1) is 0 Å². The molecule has 4 bridgehead atoms. The molecular weight excluding hydrogens is 743 g/mol. The summed E-state index contributed by atoms with van der Waals surface area (Å²) in [4.78, 5) is 0. The average Bonchev–Trinajstić information content (AvgIpc) is 3.76. The van der Waals surface area contributed by atoms with Gasteiger partial charge in [0, 0.05) is 9.52 Å². The fourth-order valence-corrected chi connectivity index (χ4v) is 9.67. The van der Waals surface area contributed by atoms with Crippen molar-refractivity contribution in [1.82, 2.24) is 0 Å². The first-order valence-electron chi connectivity index (χ1n) is 19.3. The van der Waals surface area contributed by atoms with E-state index in [0.29, 0.717) is 17.3 Å². The van der Waals surface area contributed by atoms with Crippen molar-refractivity contribution >= 4 is 48.1 Å². The molecule has 4 heteroatoms. The fraction of sp³-hybridized carbons (Fsp3) is 0.478. The summed E-state index contributed by atoms with van der Waals surface area (Å²) in [5.41, 5.74) is 9.37. The van der Waals surface area contributed by atoms with Crippen LogP contribution in [-0.4, -0.2) is 9.52 Å². The number of fused-ring (bicyclic) bond motifs is 2. The van der Waals surface area contributed by atoms with Crippen LogP contribution < -0.4 is 0 Å². The summed E-state index contributed by atoms with van der Waals surface area (Å²) in [6, 6.07) is 32.8. The Hall–Kier alpha value is -1.44. The van der Waals surface area contributed by atoms with Gasteiger partial charge >= 0.3 is 37.9 Å². The number of rotatable bonds is 7. The number of benzene rings is 3. The van der Waals surface area contributed by atoms with E-state index < -0.39 is 20.8 Å². The normalized spacial score (nSPS) is 22.8. The van der Waals surface area contributed by atoms with Crippen LogP contribution in [-0.2, 0) is 32.7 Å². The predicted octanol–water partition coefficient (Wildman–Crippen LogP) is 15.0. The zero-order valence-corrected chi connectivity index (χ0v) is 36.6. The standard InChI is InChI=1S/C27H29.C17H23.C2H6Si.2ClH.Zr/c1-2-18-13-23-4-3-5-25(26(23)14-18)22-6-8-24(9-7-22)27-15-19-10-20(16-27)12-21(11-19)17-27;1-5-12(3)15-10-14-8-7-9-16(13(4)6-2)17(14)11-15;1-3-2;;;/h3-9,13-14,19-21H,2,10-12,15-17H2,1H3;7-13H,5-6H2,1-4H3;1-2H3;2*1H;/q2*-1;;;;+4/p-2. The first-order valence-corrected chi connectivity index (χ1v) is 27.6. The maximum absolute atomic E-state index is 4.93. The van der Waals surface area contributed by atoms with Gasteiger partial charge in [-0.15, -0.1) is 69.1 Å². The van der Waals surface area contributed by atoms with Gasteiger partial charge in [0.25, 0.3) is 0 Å². The summed E-state index contributed by atoms with van der Waals surface area (Å²) in [5.74, 6) is 4.38. The van der Waals surface area contributed by atoms with Crippen LogP contribution in [0.5, 0.6) is 0 Å².